The largest absolute Gasteiger partial charge is 0.465 e. The molecular formula is C13H12FN3O3S. The number of nitrogens with zero attached hydrogens (tertiary/aromatic N) is 1. The van der Waals surface area contributed by atoms with Crippen LogP contribution in [0.1, 0.15) is 15.4 Å². The minimum absolute atomic E-state index is 0.0523. The highest BCUT2D eigenvalue weighted by atomic mass is 32.1. The summed E-state index contributed by atoms with van der Waals surface area (Å²) in [6.45, 7) is 1.63. The van der Waals surface area contributed by atoms with Crippen molar-refractivity contribution in [2.45, 2.75) is 6.92 Å². The lowest BCUT2D eigenvalue weighted by atomic mass is 10.3. The van der Waals surface area contributed by atoms with Gasteiger partial charge in [-0.2, -0.15) is 0 Å². The first-order valence-corrected chi connectivity index (χ1v) is 6.71. The van der Waals surface area contributed by atoms with Crippen molar-refractivity contribution >= 4 is 34.2 Å². The highest BCUT2D eigenvalue weighted by Gasteiger charge is 2.17. The van der Waals surface area contributed by atoms with Gasteiger partial charge in [-0.1, -0.05) is 23.5 Å². The minimum Gasteiger partial charge on any atom is -0.465 e. The Hall–Kier alpha value is -2.48. The SMILES string of the molecule is COC(=O)c1sc(NC(=O)Nc2ccccc2F)nc1C. The van der Waals surface area contributed by atoms with Gasteiger partial charge in [-0.05, 0) is 19.1 Å². The van der Waals surface area contributed by atoms with Crippen molar-refractivity contribution in [2.24, 2.45) is 0 Å². The van der Waals surface area contributed by atoms with E-state index in [2.05, 4.69) is 20.4 Å². The van der Waals surface area contributed by atoms with E-state index in [4.69, 9.17) is 0 Å². The maximum atomic E-state index is 13.4. The van der Waals surface area contributed by atoms with Gasteiger partial charge in [0, 0.05) is 0 Å². The lowest BCUT2D eigenvalue weighted by Gasteiger charge is -2.05. The third-order valence-corrected chi connectivity index (χ3v) is 3.56. The highest BCUT2D eigenvalue weighted by molar-refractivity contribution is 7.17. The predicted octanol–water partition coefficient (Wildman–Crippen LogP) is 3.02. The molecule has 1 heterocycles. The van der Waals surface area contributed by atoms with Gasteiger partial charge in [0.1, 0.15) is 10.7 Å². The van der Waals surface area contributed by atoms with Crippen molar-refractivity contribution in [3.8, 4) is 0 Å². The maximum absolute atomic E-state index is 13.4. The van der Waals surface area contributed by atoms with E-state index in [9.17, 15) is 14.0 Å². The maximum Gasteiger partial charge on any atom is 0.350 e. The van der Waals surface area contributed by atoms with Crippen LogP contribution >= 0.6 is 11.3 Å². The molecule has 0 aliphatic rings. The van der Waals surface area contributed by atoms with Gasteiger partial charge in [0.05, 0.1) is 18.5 Å². The van der Waals surface area contributed by atoms with E-state index in [0.29, 0.717) is 10.6 Å². The van der Waals surface area contributed by atoms with Gasteiger partial charge in [-0.15, -0.1) is 0 Å². The van der Waals surface area contributed by atoms with E-state index < -0.39 is 17.8 Å². The van der Waals surface area contributed by atoms with E-state index in [1.807, 2.05) is 0 Å². The summed E-state index contributed by atoms with van der Waals surface area (Å²) in [5.74, 6) is -1.06. The summed E-state index contributed by atoms with van der Waals surface area (Å²) >= 11 is 0.984. The number of carbonyl (C=O) groups excluding carboxylic acids is 2. The zero-order valence-corrected chi connectivity index (χ0v) is 12.1. The van der Waals surface area contributed by atoms with Crippen molar-refractivity contribution < 1.29 is 18.7 Å². The number of hydrogen-bond acceptors (Lipinski definition) is 5. The first-order valence-electron chi connectivity index (χ1n) is 5.89. The van der Waals surface area contributed by atoms with Crippen molar-refractivity contribution in [3.05, 3.63) is 40.7 Å². The van der Waals surface area contributed by atoms with E-state index in [-0.39, 0.29) is 10.8 Å². The number of para-hydroxylation sites is 1. The molecule has 0 fully saturated rings. The molecule has 1 aromatic carbocycles. The Balaban J connectivity index is 2.07. The summed E-state index contributed by atoms with van der Waals surface area (Å²) in [5.41, 5.74) is 0.504. The Kier molecular flexibility index (Phi) is 4.49. The van der Waals surface area contributed by atoms with E-state index in [1.165, 1.54) is 25.3 Å². The first-order chi connectivity index (χ1) is 10.0. The predicted molar refractivity (Wildman–Crippen MR) is 77.2 cm³/mol. The zero-order valence-electron chi connectivity index (χ0n) is 11.3. The fraction of sp³-hybridized carbons (Fsp3) is 0.154. The fourth-order valence-electron chi connectivity index (χ4n) is 1.55. The highest BCUT2D eigenvalue weighted by Crippen LogP contribution is 2.23. The van der Waals surface area contributed by atoms with E-state index >= 15 is 0 Å². The van der Waals surface area contributed by atoms with Gasteiger partial charge < -0.3 is 10.1 Å². The molecule has 0 spiro atoms. The Morgan fingerprint density at radius 3 is 2.67 bits per heavy atom. The van der Waals surface area contributed by atoms with Gasteiger partial charge in [0.25, 0.3) is 0 Å². The molecule has 0 aliphatic heterocycles. The summed E-state index contributed by atoms with van der Waals surface area (Å²) in [5, 5.41) is 5.02. The normalized spacial score (nSPS) is 10.0. The molecule has 2 rings (SSSR count). The molecule has 110 valence electrons. The van der Waals surface area contributed by atoms with Crippen LogP contribution in [0.4, 0.5) is 20.0 Å². The number of aromatic nitrogens is 1. The van der Waals surface area contributed by atoms with Crippen LogP contribution in [0, 0.1) is 12.7 Å². The lowest BCUT2D eigenvalue weighted by molar-refractivity contribution is 0.0605. The van der Waals surface area contributed by atoms with Crippen molar-refractivity contribution in [2.75, 3.05) is 17.7 Å². The van der Waals surface area contributed by atoms with Gasteiger partial charge in [0.2, 0.25) is 0 Å². The summed E-state index contributed by atoms with van der Waals surface area (Å²) in [4.78, 5) is 27.5. The number of nitrogens with one attached hydrogen (secondary N) is 2. The number of halogens is 1. The van der Waals surface area contributed by atoms with Crippen LogP contribution in [0.2, 0.25) is 0 Å². The van der Waals surface area contributed by atoms with Gasteiger partial charge in [-0.25, -0.2) is 19.0 Å². The molecule has 2 N–H and O–H groups in total. The van der Waals surface area contributed by atoms with Crippen molar-refractivity contribution in [1.82, 2.24) is 4.98 Å². The number of amides is 2. The molecule has 2 aromatic rings. The molecule has 21 heavy (non-hydrogen) atoms. The number of ether oxygens (including phenoxy) is 1. The second-order valence-electron chi connectivity index (χ2n) is 3.98. The summed E-state index contributed by atoms with van der Waals surface area (Å²) in [7, 11) is 1.26. The summed E-state index contributed by atoms with van der Waals surface area (Å²) in [6.07, 6.45) is 0. The molecule has 8 heteroatoms. The number of methoxy groups -OCH3 is 1. The Labute approximate surface area is 124 Å². The average molecular weight is 309 g/mol. The molecule has 6 nitrogen and oxygen atoms in total. The van der Waals surface area contributed by atoms with E-state index in [0.717, 1.165) is 11.3 Å². The lowest BCUT2D eigenvalue weighted by Crippen LogP contribution is -2.19. The molecule has 0 radical (unpaired) electrons. The first kappa shape index (κ1) is 14.9. The van der Waals surface area contributed by atoms with Gasteiger partial charge >= 0.3 is 12.0 Å². The molecule has 1 aromatic heterocycles. The second-order valence-corrected chi connectivity index (χ2v) is 4.98. The van der Waals surface area contributed by atoms with Crippen LogP contribution in [0.25, 0.3) is 0 Å². The number of anilines is 2. The quantitative estimate of drug-likeness (QED) is 0.854. The second kappa shape index (κ2) is 6.31. The van der Waals surface area contributed by atoms with Gasteiger partial charge in [-0.3, -0.25) is 5.32 Å². The van der Waals surface area contributed by atoms with Crippen molar-refractivity contribution in [3.63, 3.8) is 0 Å². The summed E-state index contributed by atoms with van der Waals surface area (Å²) in [6, 6.07) is 5.14. The number of carbonyl (C=O) groups is 2. The molecule has 0 atom stereocenters. The van der Waals surface area contributed by atoms with Crippen LogP contribution in [0.5, 0.6) is 0 Å². The zero-order chi connectivity index (χ0) is 15.4. The molecule has 0 bridgehead atoms. The Morgan fingerprint density at radius 2 is 2.00 bits per heavy atom. The molecule has 0 saturated heterocycles. The summed E-state index contributed by atoms with van der Waals surface area (Å²) < 4.78 is 18.0. The molecule has 0 unspecified atom stereocenters. The molecule has 0 saturated carbocycles. The number of aryl methyl sites for hydroxylation is 1. The molecular weight excluding hydrogens is 297 g/mol. The standard InChI is InChI=1S/C13H12FN3O3S/c1-7-10(11(18)20-2)21-13(15-7)17-12(19)16-9-6-4-3-5-8(9)14/h3-6H,1-2H3,(H2,15,16,17,19). The number of rotatable bonds is 3. The van der Waals surface area contributed by atoms with Crippen molar-refractivity contribution in [1.29, 1.82) is 0 Å². The monoisotopic (exact) mass is 309 g/mol. The fourth-order valence-corrected chi connectivity index (χ4v) is 2.42. The Bertz CT molecular complexity index is 687. The third kappa shape index (κ3) is 3.54. The number of urea groups is 1. The number of thiazole rings is 1. The molecule has 2 amide bonds. The van der Waals surface area contributed by atoms with Crippen LogP contribution in [0.3, 0.4) is 0 Å². The van der Waals surface area contributed by atoms with Crippen LogP contribution < -0.4 is 10.6 Å². The average Bonchev–Trinajstić information content (AvgIpc) is 2.81. The third-order valence-electron chi connectivity index (χ3n) is 2.51. The topological polar surface area (TPSA) is 80.3 Å². The number of benzene rings is 1. The van der Waals surface area contributed by atoms with Crippen LogP contribution in [-0.4, -0.2) is 24.1 Å². The van der Waals surface area contributed by atoms with Crippen LogP contribution in [-0.2, 0) is 4.74 Å². The number of esters is 1. The minimum atomic E-state index is -0.648. The molecule has 0 aliphatic carbocycles. The van der Waals surface area contributed by atoms with Crippen LogP contribution in [0.15, 0.2) is 24.3 Å². The smallest absolute Gasteiger partial charge is 0.350 e. The number of hydrogen-bond donors (Lipinski definition) is 2. The Morgan fingerprint density at radius 1 is 1.29 bits per heavy atom. The van der Waals surface area contributed by atoms with E-state index in [1.54, 1.807) is 13.0 Å². The van der Waals surface area contributed by atoms with Gasteiger partial charge in [0.15, 0.2) is 5.13 Å².